The standard InChI is InChI=1S/C12H16BrN3O/c1-8-2-3-11(10(13)4-8)16-6-9(5-14)15-12(17)7-16/h2-4,9H,5-7,14H2,1H3,(H,15,17). The topological polar surface area (TPSA) is 58.4 Å². The average Bonchev–Trinajstić information content (AvgIpc) is 2.28. The largest absolute Gasteiger partial charge is 0.359 e. The summed E-state index contributed by atoms with van der Waals surface area (Å²) in [5.74, 6) is 0.0270. The molecule has 17 heavy (non-hydrogen) atoms. The number of rotatable bonds is 2. The van der Waals surface area contributed by atoms with Crippen molar-refractivity contribution < 1.29 is 4.79 Å². The van der Waals surface area contributed by atoms with Crippen molar-refractivity contribution in [1.82, 2.24) is 5.32 Å². The molecule has 0 aliphatic carbocycles. The Morgan fingerprint density at radius 3 is 3.00 bits per heavy atom. The first-order chi connectivity index (χ1) is 8.10. The van der Waals surface area contributed by atoms with E-state index in [4.69, 9.17) is 5.73 Å². The van der Waals surface area contributed by atoms with Gasteiger partial charge in [0.15, 0.2) is 0 Å². The molecule has 2 rings (SSSR count). The van der Waals surface area contributed by atoms with Crippen molar-refractivity contribution >= 4 is 27.5 Å². The van der Waals surface area contributed by atoms with Crippen LogP contribution in [0.4, 0.5) is 5.69 Å². The maximum atomic E-state index is 11.6. The molecule has 0 bridgehead atoms. The summed E-state index contributed by atoms with van der Waals surface area (Å²) in [6, 6.07) is 6.17. The molecule has 0 spiro atoms. The van der Waals surface area contributed by atoms with E-state index in [2.05, 4.69) is 32.2 Å². The number of hydrogen-bond donors (Lipinski definition) is 2. The van der Waals surface area contributed by atoms with Crippen molar-refractivity contribution in [2.24, 2.45) is 5.73 Å². The van der Waals surface area contributed by atoms with Crippen LogP contribution in [0, 0.1) is 6.92 Å². The van der Waals surface area contributed by atoms with E-state index in [-0.39, 0.29) is 11.9 Å². The maximum Gasteiger partial charge on any atom is 0.239 e. The third kappa shape index (κ3) is 2.79. The van der Waals surface area contributed by atoms with Crippen LogP contribution >= 0.6 is 15.9 Å². The fourth-order valence-electron chi connectivity index (χ4n) is 2.01. The average molecular weight is 298 g/mol. The summed E-state index contributed by atoms with van der Waals surface area (Å²) in [6.07, 6.45) is 0. The SMILES string of the molecule is Cc1ccc(N2CC(=O)NC(CN)C2)c(Br)c1. The number of carbonyl (C=O) groups excluding carboxylic acids is 1. The van der Waals surface area contributed by atoms with Crippen LogP contribution in [-0.2, 0) is 4.79 Å². The Labute approximate surface area is 109 Å². The van der Waals surface area contributed by atoms with E-state index >= 15 is 0 Å². The zero-order valence-electron chi connectivity index (χ0n) is 9.74. The second kappa shape index (κ2) is 5.06. The maximum absolute atomic E-state index is 11.6. The van der Waals surface area contributed by atoms with Crippen molar-refractivity contribution in [1.29, 1.82) is 0 Å². The summed E-state index contributed by atoms with van der Waals surface area (Å²) < 4.78 is 1.02. The lowest BCUT2D eigenvalue weighted by Crippen LogP contribution is -2.57. The Bertz CT molecular complexity index is 436. The van der Waals surface area contributed by atoms with Gasteiger partial charge in [-0.2, -0.15) is 0 Å². The third-order valence-corrected chi connectivity index (χ3v) is 3.50. The molecule has 92 valence electrons. The van der Waals surface area contributed by atoms with Gasteiger partial charge in [-0.25, -0.2) is 0 Å². The fourth-order valence-corrected chi connectivity index (χ4v) is 2.75. The molecule has 1 aliphatic rings. The van der Waals surface area contributed by atoms with Gasteiger partial charge in [0.1, 0.15) is 0 Å². The molecule has 5 heteroatoms. The van der Waals surface area contributed by atoms with Crippen LogP contribution < -0.4 is 16.0 Å². The molecule has 1 aromatic rings. The van der Waals surface area contributed by atoms with Crippen LogP contribution in [0.3, 0.4) is 0 Å². The van der Waals surface area contributed by atoms with Gasteiger partial charge < -0.3 is 16.0 Å². The van der Waals surface area contributed by atoms with E-state index in [0.29, 0.717) is 13.1 Å². The summed E-state index contributed by atoms with van der Waals surface area (Å²) in [5, 5.41) is 2.88. The molecule has 1 aliphatic heterocycles. The number of nitrogens with one attached hydrogen (secondary N) is 1. The minimum absolute atomic E-state index is 0.0270. The highest BCUT2D eigenvalue weighted by Crippen LogP contribution is 2.27. The van der Waals surface area contributed by atoms with Gasteiger partial charge in [-0.15, -0.1) is 0 Å². The van der Waals surface area contributed by atoms with Crippen molar-refractivity contribution in [2.75, 3.05) is 24.5 Å². The number of halogens is 1. The molecule has 0 aromatic heterocycles. The van der Waals surface area contributed by atoms with Gasteiger partial charge in [0.25, 0.3) is 0 Å². The van der Waals surface area contributed by atoms with Crippen molar-refractivity contribution in [3.63, 3.8) is 0 Å². The van der Waals surface area contributed by atoms with Gasteiger partial charge >= 0.3 is 0 Å². The van der Waals surface area contributed by atoms with E-state index in [0.717, 1.165) is 16.7 Å². The number of carbonyl (C=O) groups is 1. The molecule has 0 radical (unpaired) electrons. The van der Waals surface area contributed by atoms with E-state index in [9.17, 15) is 4.79 Å². The summed E-state index contributed by atoms with van der Waals surface area (Å²) in [7, 11) is 0. The van der Waals surface area contributed by atoms with Crippen LogP contribution in [0.15, 0.2) is 22.7 Å². The van der Waals surface area contributed by atoms with Crippen LogP contribution in [0.1, 0.15) is 5.56 Å². The van der Waals surface area contributed by atoms with Crippen molar-refractivity contribution in [3.05, 3.63) is 28.2 Å². The van der Waals surface area contributed by atoms with Crippen molar-refractivity contribution in [3.8, 4) is 0 Å². The minimum atomic E-state index is 0.0270. The molecule has 1 heterocycles. The lowest BCUT2D eigenvalue weighted by Gasteiger charge is -2.34. The van der Waals surface area contributed by atoms with Crippen LogP contribution in [0.5, 0.6) is 0 Å². The van der Waals surface area contributed by atoms with Crippen LogP contribution in [0.2, 0.25) is 0 Å². The molecule has 3 N–H and O–H groups in total. The Morgan fingerprint density at radius 1 is 1.59 bits per heavy atom. The molecule has 4 nitrogen and oxygen atoms in total. The Morgan fingerprint density at radius 2 is 2.35 bits per heavy atom. The van der Waals surface area contributed by atoms with E-state index in [1.807, 2.05) is 19.1 Å². The first kappa shape index (κ1) is 12.4. The molecule has 1 unspecified atom stereocenters. The number of nitrogens with zero attached hydrogens (tertiary/aromatic N) is 1. The summed E-state index contributed by atoms with van der Waals surface area (Å²) in [4.78, 5) is 13.6. The number of piperazine rings is 1. The van der Waals surface area contributed by atoms with Gasteiger partial charge in [0.05, 0.1) is 18.3 Å². The number of hydrogen-bond acceptors (Lipinski definition) is 3. The second-order valence-electron chi connectivity index (χ2n) is 4.34. The summed E-state index contributed by atoms with van der Waals surface area (Å²) in [6.45, 7) is 3.65. The number of amides is 1. The lowest BCUT2D eigenvalue weighted by molar-refractivity contribution is -0.121. The predicted octanol–water partition coefficient (Wildman–Crippen LogP) is 1.02. The molecular formula is C12H16BrN3O. The minimum Gasteiger partial charge on any atom is -0.359 e. The third-order valence-electron chi connectivity index (χ3n) is 2.87. The van der Waals surface area contributed by atoms with Crippen LogP contribution in [0.25, 0.3) is 0 Å². The Balaban J connectivity index is 2.23. The van der Waals surface area contributed by atoms with Gasteiger partial charge in [-0.05, 0) is 40.5 Å². The smallest absolute Gasteiger partial charge is 0.239 e. The number of aryl methyl sites for hydroxylation is 1. The van der Waals surface area contributed by atoms with Gasteiger partial charge in [0, 0.05) is 17.6 Å². The van der Waals surface area contributed by atoms with E-state index < -0.39 is 0 Å². The second-order valence-corrected chi connectivity index (χ2v) is 5.19. The lowest BCUT2D eigenvalue weighted by atomic mass is 10.1. The quantitative estimate of drug-likeness (QED) is 0.857. The normalized spacial score (nSPS) is 20.3. The number of benzene rings is 1. The highest BCUT2D eigenvalue weighted by molar-refractivity contribution is 9.10. The monoisotopic (exact) mass is 297 g/mol. The fraction of sp³-hybridized carbons (Fsp3) is 0.417. The highest BCUT2D eigenvalue weighted by atomic mass is 79.9. The molecule has 0 saturated carbocycles. The van der Waals surface area contributed by atoms with Crippen LogP contribution in [-0.4, -0.2) is 31.6 Å². The highest BCUT2D eigenvalue weighted by Gasteiger charge is 2.24. The first-order valence-electron chi connectivity index (χ1n) is 5.60. The predicted molar refractivity (Wildman–Crippen MR) is 72.1 cm³/mol. The van der Waals surface area contributed by atoms with Gasteiger partial charge in [-0.1, -0.05) is 6.07 Å². The number of nitrogens with two attached hydrogens (primary N) is 1. The zero-order chi connectivity index (χ0) is 12.4. The molecule has 1 atom stereocenters. The Hall–Kier alpha value is -1.07. The molecule has 1 aromatic carbocycles. The van der Waals surface area contributed by atoms with Crippen molar-refractivity contribution in [2.45, 2.75) is 13.0 Å². The Kier molecular flexibility index (Phi) is 3.69. The van der Waals surface area contributed by atoms with Gasteiger partial charge in [-0.3, -0.25) is 4.79 Å². The van der Waals surface area contributed by atoms with Gasteiger partial charge in [0.2, 0.25) is 5.91 Å². The molecule has 1 amide bonds. The molecular weight excluding hydrogens is 282 g/mol. The number of anilines is 1. The van der Waals surface area contributed by atoms with E-state index in [1.165, 1.54) is 5.56 Å². The molecule has 1 saturated heterocycles. The first-order valence-corrected chi connectivity index (χ1v) is 6.40. The van der Waals surface area contributed by atoms with E-state index in [1.54, 1.807) is 0 Å². The summed E-state index contributed by atoms with van der Waals surface area (Å²) >= 11 is 3.54. The molecule has 1 fully saturated rings. The zero-order valence-corrected chi connectivity index (χ0v) is 11.3. The summed E-state index contributed by atoms with van der Waals surface area (Å²) in [5.41, 5.74) is 7.85.